The number of aromatic amines is 1. The summed E-state index contributed by atoms with van der Waals surface area (Å²) in [4.78, 5) is 10.9. The van der Waals surface area contributed by atoms with Crippen molar-refractivity contribution in [3.8, 4) is 0 Å². The second kappa shape index (κ2) is 2.70. The van der Waals surface area contributed by atoms with Crippen molar-refractivity contribution >= 4 is 12.2 Å². The summed E-state index contributed by atoms with van der Waals surface area (Å²) in [7, 11) is 0. The summed E-state index contributed by atoms with van der Waals surface area (Å²) in [5.74, 6) is 1.82. The van der Waals surface area contributed by atoms with Gasteiger partial charge in [-0.3, -0.25) is 0 Å². The molecule has 0 aliphatic heterocycles. The molecule has 4 heteroatoms. The molecule has 0 spiro atoms. The maximum absolute atomic E-state index is 4.87. The van der Waals surface area contributed by atoms with E-state index in [4.69, 9.17) is 12.2 Å². The predicted molar refractivity (Wildman–Crippen MR) is 43.6 cm³/mol. The lowest BCUT2D eigenvalue weighted by Gasteiger charge is -1.95. The van der Waals surface area contributed by atoms with Crippen molar-refractivity contribution < 1.29 is 0 Å². The van der Waals surface area contributed by atoms with Crippen LogP contribution < -0.4 is 0 Å². The van der Waals surface area contributed by atoms with E-state index < -0.39 is 0 Å². The Kier molecular flexibility index (Phi) is 1.69. The number of rotatable bonds is 2. The topological polar surface area (TPSA) is 41.6 Å². The van der Waals surface area contributed by atoms with E-state index >= 15 is 0 Å². The Balaban J connectivity index is 2.16. The molecule has 2 rings (SSSR count). The molecule has 0 amide bonds. The van der Waals surface area contributed by atoms with Gasteiger partial charge >= 0.3 is 0 Å². The Morgan fingerprint density at radius 2 is 2.36 bits per heavy atom. The molecule has 1 heterocycles. The van der Waals surface area contributed by atoms with E-state index in [0.29, 0.717) is 4.77 Å². The van der Waals surface area contributed by atoms with Crippen LogP contribution in [0.25, 0.3) is 0 Å². The number of hydrogen-bond acceptors (Lipinski definition) is 3. The zero-order valence-electron chi connectivity index (χ0n) is 6.08. The molecule has 11 heavy (non-hydrogen) atoms. The first-order chi connectivity index (χ1) is 5.34. The Morgan fingerprint density at radius 3 is 3.00 bits per heavy atom. The summed E-state index contributed by atoms with van der Waals surface area (Å²) < 4.78 is 0.538. The van der Waals surface area contributed by atoms with Crippen molar-refractivity contribution in [2.45, 2.75) is 19.3 Å². The lowest BCUT2D eigenvalue weighted by atomic mass is 10.3. The fourth-order valence-corrected chi connectivity index (χ4v) is 1.20. The monoisotopic (exact) mass is 167 g/mol. The summed E-state index contributed by atoms with van der Waals surface area (Å²) in [5, 5.41) is 0. The summed E-state index contributed by atoms with van der Waals surface area (Å²) in [6.45, 7) is 0. The molecule has 1 fully saturated rings. The highest BCUT2D eigenvalue weighted by Crippen LogP contribution is 2.31. The van der Waals surface area contributed by atoms with Crippen LogP contribution in [0.5, 0.6) is 0 Å². The second-order valence-corrected chi connectivity index (χ2v) is 3.28. The molecule has 0 unspecified atom stereocenters. The first kappa shape index (κ1) is 6.91. The lowest BCUT2D eigenvalue weighted by Crippen LogP contribution is -1.97. The quantitative estimate of drug-likeness (QED) is 0.678. The number of nitrogens with one attached hydrogen (secondary N) is 1. The first-order valence-corrected chi connectivity index (χ1v) is 4.15. The van der Waals surface area contributed by atoms with Crippen LogP contribution in [0.1, 0.15) is 18.7 Å². The number of aromatic nitrogens is 3. The van der Waals surface area contributed by atoms with Gasteiger partial charge in [0.15, 0.2) is 4.77 Å². The third-order valence-electron chi connectivity index (χ3n) is 1.82. The average molecular weight is 167 g/mol. The van der Waals surface area contributed by atoms with Gasteiger partial charge in [0.05, 0.1) is 0 Å². The van der Waals surface area contributed by atoms with Gasteiger partial charge in [0.2, 0.25) is 0 Å². The SMILES string of the molecule is S=c1ncnc(CC2CC2)[nH]1. The highest BCUT2D eigenvalue weighted by atomic mass is 32.1. The van der Waals surface area contributed by atoms with E-state index in [1.165, 1.54) is 19.2 Å². The minimum atomic E-state index is 0.538. The second-order valence-electron chi connectivity index (χ2n) is 2.90. The van der Waals surface area contributed by atoms with Gasteiger partial charge in [0.25, 0.3) is 0 Å². The molecule has 0 aromatic carbocycles. The van der Waals surface area contributed by atoms with Crippen LogP contribution in [0.15, 0.2) is 6.33 Å². The smallest absolute Gasteiger partial charge is 0.199 e. The van der Waals surface area contributed by atoms with E-state index in [1.54, 1.807) is 0 Å². The molecular weight excluding hydrogens is 158 g/mol. The summed E-state index contributed by atoms with van der Waals surface area (Å²) in [6, 6.07) is 0. The van der Waals surface area contributed by atoms with Crippen molar-refractivity contribution in [2.75, 3.05) is 0 Å². The number of H-pyrrole nitrogens is 1. The molecule has 1 aromatic heterocycles. The largest absolute Gasteiger partial charge is 0.319 e. The highest BCUT2D eigenvalue weighted by molar-refractivity contribution is 7.71. The molecular formula is C7H9N3S. The maximum Gasteiger partial charge on any atom is 0.199 e. The van der Waals surface area contributed by atoms with Gasteiger partial charge in [-0.1, -0.05) is 0 Å². The van der Waals surface area contributed by atoms with Gasteiger partial charge in [-0.05, 0) is 31.0 Å². The van der Waals surface area contributed by atoms with E-state index in [-0.39, 0.29) is 0 Å². The Hall–Kier alpha value is -0.770. The number of hydrogen-bond donors (Lipinski definition) is 1. The molecule has 1 N–H and O–H groups in total. The zero-order chi connectivity index (χ0) is 7.68. The minimum absolute atomic E-state index is 0.538. The van der Waals surface area contributed by atoms with Crippen LogP contribution in [0.3, 0.4) is 0 Å². The maximum atomic E-state index is 4.87. The normalized spacial score (nSPS) is 16.7. The molecule has 0 bridgehead atoms. The van der Waals surface area contributed by atoms with Gasteiger partial charge in [-0.15, -0.1) is 0 Å². The van der Waals surface area contributed by atoms with Gasteiger partial charge in [0.1, 0.15) is 12.2 Å². The van der Waals surface area contributed by atoms with E-state index in [9.17, 15) is 0 Å². The van der Waals surface area contributed by atoms with E-state index in [2.05, 4.69) is 15.0 Å². The minimum Gasteiger partial charge on any atom is -0.319 e. The van der Waals surface area contributed by atoms with Crippen molar-refractivity contribution in [1.82, 2.24) is 15.0 Å². The van der Waals surface area contributed by atoms with Gasteiger partial charge in [0, 0.05) is 6.42 Å². The molecule has 58 valence electrons. The van der Waals surface area contributed by atoms with Gasteiger partial charge < -0.3 is 4.98 Å². The predicted octanol–water partition coefficient (Wildman–Crippen LogP) is 1.49. The Bertz CT molecular complexity index is 303. The molecule has 1 aliphatic carbocycles. The summed E-state index contributed by atoms with van der Waals surface area (Å²) >= 11 is 4.87. The molecule has 1 aromatic rings. The highest BCUT2D eigenvalue weighted by Gasteiger charge is 2.22. The third kappa shape index (κ3) is 1.83. The van der Waals surface area contributed by atoms with E-state index in [0.717, 1.165) is 18.2 Å². The van der Waals surface area contributed by atoms with Crippen LogP contribution in [0.2, 0.25) is 0 Å². The van der Waals surface area contributed by atoms with Crippen molar-refractivity contribution in [3.63, 3.8) is 0 Å². The number of nitrogens with zero attached hydrogens (tertiary/aromatic N) is 2. The van der Waals surface area contributed by atoms with Crippen molar-refractivity contribution in [3.05, 3.63) is 16.9 Å². The van der Waals surface area contributed by atoms with Crippen LogP contribution in [0.4, 0.5) is 0 Å². The molecule has 0 atom stereocenters. The van der Waals surface area contributed by atoms with Gasteiger partial charge in [-0.25, -0.2) is 9.97 Å². The fourth-order valence-electron chi connectivity index (χ4n) is 1.04. The molecule has 0 radical (unpaired) electrons. The summed E-state index contributed by atoms with van der Waals surface area (Å²) in [6.07, 6.45) is 5.23. The first-order valence-electron chi connectivity index (χ1n) is 3.75. The van der Waals surface area contributed by atoms with Gasteiger partial charge in [-0.2, -0.15) is 0 Å². The molecule has 1 saturated carbocycles. The van der Waals surface area contributed by atoms with Crippen LogP contribution in [-0.2, 0) is 6.42 Å². The fraction of sp³-hybridized carbons (Fsp3) is 0.571. The zero-order valence-corrected chi connectivity index (χ0v) is 6.90. The Labute approximate surface area is 69.9 Å². The van der Waals surface area contributed by atoms with Crippen molar-refractivity contribution in [1.29, 1.82) is 0 Å². The molecule has 1 aliphatic rings. The molecule has 0 saturated heterocycles. The standard InChI is InChI=1S/C7H9N3S/c11-7-9-4-8-6(10-7)3-5-1-2-5/h4-5H,1-3H2,(H,8,9,10,11). The lowest BCUT2D eigenvalue weighted by molar-refractivity contribution is 0.754. The van der Waals surface area contributed by atoms with Crippen LogP contribution in [0, 0.1) is 10.7 Å². The average Bonchev–Trinajstić information content (AvgIpc) is 2.71. The van der Waals surface area contributed by atoms with Crippen molar-refractivity contribution in [2.24, 2.45) is 5.92 Å². The summed E-state index contributed by atoms with van der Waals surface area (Å²) in [5.41, 5.74) is 0. The molecule has 3 nitrogen and oxygen atoms in total. The third-order valence-corrected chi connectivity index (χ3v) is 2.03. The van der Waals surface area contributed by atoms with Crippen LogP contribution >= 0.6 is 12.2 Å². The van der Waals surface area contributed by atoms with E-state index in [1.807, 2.05) is 0 Å². The van der Waals surface area contributed by atoms with Crippen LogP contribution in [-0.4, -0.2) is 15.0 Å². The Morgan fingerprint density at radius 1 is 1.55 bits per heavy atom.